The number of nitrogens with zero attached hydrogens (tertiary/aromatic N) is 2. The first-order chi connectivity index (χ1) is 17.5. The van der Waals surface area contributed by atoms with Crippen molar-refractivity contribution in [2.24, 2.45) is 7.05 Å². The highest BCUT2D eigenvalue weighted by atomic mass is 19.1. The molecule has 0 aliphatic rings. The number of carbonyl (C=O) groups excluding carboxylic acids is 1. The van der Waals surface area contributed by atoms with Crippen LogP contribution < -0.4 is 10.1 Å². The van der Waals surface area contributed by atoms with Crippen LogP contribution in [0.15, 0.2) is 85.2 Å². The van der Waals surface area contributed by atoms with Gasteiger partial charge < -0.3 is 19.6 Å². The van der Waals surface area contributed by atoms with Crippen LogP contribution in [0.3, 0.4) is 0 Å². The number of imidazole rings is 1. The Morgan fingerprint density at radius 3 is 2.67 bits per heavy atom. The molecule has 3 aromatic carbocycles. The lowest BCUT2D eigenvalue weighted by atomic mass is 10.0. The lowest BCUT2D eigenvalue weighted by Crippen LogP contribution is -2.31. The number of hydrogen-bond acceptors (Lipinski definition) is 3. The van der Waals surface area contributed by atoms with Gasteiger partial charge in [-0.05, 0) is 65.6 Å². The Morgan fingerprint density at radius 1 is 1.11 bits per heavy atom. The van der Waals surface area contributed by atoms with Gasteiger partial charge in [-0.2, -0.15) is 0 Å². The molecular formula is C29H27FN4O2. The van der Waals surface area contributed by atoms with Crippen molar-refractivity contribution in [2.45, 2.75) is 18.9 Å². The average Bonchev–Trinajstić information content (AvgIpc) is 3.49. The highest BCUT2D eigenvalue weighted by molar-refractivity contribution is 5.91. The minimum atomic E-state index is -0.424. The first kappa shape index (κ1) is 23.4. The van der Waals surface area contributed by atoms with E-state index in [4.69, 9.17) is 4.74 Å². The van der Waals surface area contributed by atoms with Crippen LogP contribution in [-0.4, -0.2) is 27.6 Å². The predicted octanol–water partition coefficient (Wildman–Crippen LogP) is 5.55. The quantitative estimate of drug-likeness (QED) is 0.304. The van der Waals surface area contributed by atoms with Crippen LogP contribution in [0, 0.1) is 5.82 Å². The van der Waals surface area contributed by atoms with Gasteiger partial charge in [-0.1, -0.05) is 30.3 Å². The molecule has 5 aromatic rings. The van der Waals surface area contributed by atoms with Gasteiger partial charge in [0.05, 0.1) is 7.11 Å². The van der Waals surface area contributed by atoms with Gasteiger partial charge in [0.1, 0.15) is 23.4 Å². The molecule has 1 atom stereocenters. The number of H-pyrrole nitrogens is 1. The molecular weight excluding hydrogens is 455 g/mol. The normalized spacial score (nSPS) is 12.0. The smallest absolute Gasteiger partial charge is 0.221 e. The summed E-state index contributed by atoms with van der Waals surface area (Å²) >= 11 is 0. The van der Waals surface area contributed by atoms with Gasteiger partial charge in [0.15, 0.2) is 0 Å². The second-order valence-electron chi connectivity index (χ2n) is 8.70. The maximum Gasteiger partial charge on any atom is 0.221 e. The van der Waals surface area contributed by atoms with Crippen LogP contribution >= 0.6 is 0 Å². The van der Waals surface area contributed by atoms with Gasteiger partial charge in [0, 0.05) is 42.5 Å². The fourth-order valence-corrected chi connectivity index (χ4v) is 4.57. The van der Waals surface area contributed by atoms with Crippen LogP contribution in [0.5, 0.6) is 5.75 Å². The van der Waals surface area contributed by atoms with Crippen LogP contribution in [0.25, 0.3) is 22.2 Å². The molecule has 5 rings (SSSR count). The largest absolute Gasteiger partial charge is 0.497 e. The van der Waals surface area contributed by atoms with Crippen molar-refractivity contribution in [1.29, 1.82) is 0 Å². The summed E-state index contributed by atoms with van der Waals surface area (Å²) in [6.45, 7) is 0. The van der Waals surface area contributed by atoms with E-state index < -0.39 is 6.04 Å². The number of rotatable bonds is 8. The molecule has 0 aliphatic heterocycles. The molecule has 0 saturated carbocycles. The number of ether oxygens (including phenoxy) is 1. The molecule has 1 unspecified atom stereocenters. The zero-order chi connectivity index (χ0) is 25.1. The van der Waals surface area contributed by atoms with Gasteiger partial charge in [-0.25, -0.2) is 9.37 Å². The number of methoxy groups -OCH3 is 1. The van der Waals surface area contributed by atoms with Crippen molar-refractivity contribution in [2.75, 3.05) is 7.11 Å². The lowest BCUT2D eigenvalue weighted by Gasteiger charge is -2.20. The van der Waals surface area contributed by atoms with E-state index in [-0.39, 0.29) is 18.1 Å². The van der Waals surface area contributed by atoms with Crippen molar-refractivity contribution >= 4 is 16.8 Å². The zero-order valence-corrected chi connectivity index (χ0v) is 20.2. The second-order valence-corrected chi connectivity index (χ2v) is 8.70. The van der Waals surface area contributed by atoms with Gasteiger partial charge in [0.25, 0.3) is 0 Å². The Labute approximate surface area is 208 Å². The van der Waals surface area contributed by atoms with E-state index in [0.717, 1.165) is 39.1 Å². The third-order valence-corrected chi connectivity index (χ3v) is 6.40. The van der Waals surface area contributed by atoms with Crippen molar-refractivity contribution in [3.63, 3.8) is 0 Å². The Morgan fingerprint density at radius 2 is 1.92 bits per heavy atom. The highest BCUT2D eigenvalue weighted by Gasteiger charge is 2.22. The number of benzene rings is 3. The number of aryl methyl sites for hydroxylation is 2. The molecule has 182 valence electrons. The third kappa shape index (κ3) is 4.73. The zero-order valence-electron chi connectivity index (χ0n) is 20.2. The minimum Gasteiger partial charge on any atom is -0.497 e. The molecule has 6 nitrogen and oxygen atoms in total. The number of carbonyl (C=O) groups is 1. The third-order valence-electron chi connectivity index (χ3n) is 6.40. The first-order valence-electron chi connectivity index (χ1n) is 11.8. The Kier molecular flexibility index (Phi) is 6.54. The molecule has 0 radical (unpaired) electrons. The number of nitrogens with one attached hydrogen (secondary N) is 2. The number of para-hydroxylation sites is 1. The first-order valence-corrected chi connectivity index (χ1v) is 11.8. The molecule has 0 fully saturated rings. The fraction of sp³-hybridized carbons (Fsp3) is 0.172. The summed E-state index contributed by atoms with van der Waals surface area (Å²) in [5, 5.41) is 4.22. The molecule has 2 heterocycles. The summed E-state index contributed by atoms with van der Waals surface area (Å²) in [5.41, 5.74) is 4.68. The maximum atomic E-state index is 13.5. The molecule has 0 spiro atoms. The van der Waals surface area contributed by atoms with Crippen LogP contribution in [-0.2, 0) is 18.3 Å². The summed E-state index contributed by atoms with van der Waals surface area (Å²) < 4.78 is 20.8. The Balaban J connectivity index is 1.41. The number of amides is 1. The van der Waals surface area contributed by atoms with E-state index in [1.165, 1.54) is 12.1 Å². The van der Waals surface area contributed by atoms with Crippen LogP contribution in [0.4, 0.5) is 4.39 Å². The molecule has 7 heteroatoms. The minimum absolute atomic E-state index is 0.0962. The van der Waals surface area contributed by atoms with Gasteiger partial charge in [-0.15, -0.1) is 0 Å². The summed E-state index contributed by atoms with van der Waals surface area (Å²) in [6, 6.07) is 21.6. The molecule has 1 amide bonds. The van der Waals surface area contributed by atoms with E-state index >= 15 is 0 Å². The Hall–Kier alpha value is -4.39. The van der Waals surface area contributed by atoms with E-state index in [2.05, 4.69) is 15.3 Å². The molecule has 0 saturated heterocycles. The molecule has 0 aliphatic carbocycles. The summed E-state index contributed by atoms with van der Waals surface area (Å²) in [6.07, 6.45) is 4.38. The summed E-state index contributed by atoms with van der Waals surface area (Å²) in [5.74, 6) is 1.06. The molecule has 2 N–H and O–H groups in total. The van der Waals surface area contributed by atoms with Crippen LogP contribution in [0.2, 0.25) is 0 Å². The molecule has 0 bridgehead atoms. The summed E-state index contributed by atoms with van der Waals surface area (Å²) in [4.78, 5) is 21.2. The number of halogens is 1. The van der Waals surface area contributed by atoms with Crippen molar-refractivity contribution < 1.29 is 13.9 Å². The Bertz CT molecular complexity index is 1500. The van der Waals surface area contributed by atoms with Gasteiger partial charge in [-0.3, -0.25) is 4.79 Å². The number of aromatic amines is 1. The highest BCUT2D eigenvalue weighted by Crippen LogP contribution is 2.32. The second kappa shape index (κ2) is 10.1. The van der Waals surface area contributed by atoms with Gasteiger partial charge in [0.2, 0.25) is 5.91 Å². The summed E-state index contributed by atoms with van der Waals surface area (Å²) in [7, 11) is 3.52. The number of aromatic nitrogens is 3. The SMILES string of the molecule is COc1cccc(C(NC(=O)CCc2c(-c3ccc(F)cc3)[nH]c3ccccc23)c2nccn2C)c1. The predicted molar refractivity (Wildman–Crippen MR) is 138 cm³/mol. The maximum absolute atomic E-state index is 13.5. The topological polar surface area (TPSA) is 71.9 Å². The molecule has 2 aromatic heterocycles. The fourth-order valence-electron chi connectivity index (χ4n) is 4.57. The average molecular weight is 483 g/mol. The number of fused-ring (bicyclic) bond motifs is 1. The van der Waals surface area contributed by atoms with Crippen molar-refractivity contribution in [1.82, 2.24) is 19.9 Å². The van der Waals surface area contributed by atoms with Crippen molar-refractivity contribution in [3.05, 3.63) is 108 Å². The lowest BCUT2D eigenvalue weighted by molar-refractivity contribution is -0.121. The van der Waals surface area contributed by atoms with Crippen LogP contribution in [0.1, 0.15) is 29.4 Å². The standard InChI is InChI=1S/C29H27FN4O2/c1-34-17-16-31-29(34)28(20-6-5-7-22(18-20)36-2)33-26(35)15-14-24-23-8-3-4-9-25(23)32-27(24)19-10-12-21(30)13-11-19/h3-13,16-18,28,32H,14-15H2,1-2H3,(H,33,35). The van der Waals surface area contributed by atoms with E-state index in [9.17, 15) is 9.18 Å². The monoisotopic (exact) mass is 482 g/mol. The van der Waals surface area contributed by atoms with E-state index in [1.54, 1.807) is 25.4 Å². The molecule has 36 heavy (non-hydrogen) atoms. The number of hydrogen-bond donors (Lipinski definition) is 2. The van der Waals surface area contributed by atoms with Crippen molar-refractivity contribution in [3.8, 4) is 17.0 Å². The van der Waals surface area contributed by atoms with E-state index in [1.807, 2.05) is 66.3 Å². The van der Waals surface area contributed by atoms with Gasteiger partial charge >= 0.3 is 0 Å². The van der Waals surface area contributed by atoms with E-state index in [0.29, 0.717) is 12.2 Å².